The van der Waals surface area contributed by atoms with Crippen LogP contribution in [0.25, 0.3) is 0 Å². The third-order valence-electron chi connectivity index (χ3n) is 15.7. The average molecular weight is 1000 g/mol. The van der Waals surface area contributed by atoms with E-state index in [4.69, 9.17) is 4.74 Å². The molecule has 2 atom stereocenters. The predicted octanol–water partition coefficient (Wildman–Crippen LogP) is 20.6. The number of hydrogen-bond acceptors (Lipinski definition) is 5. The van der Waals surface area contributed by atoms with E-state index in [1.54, 1.807) is 0 Å². The Morgan fingerprint density at radius 3 is 0.859 bits per heavy atom. The van der Waals surface area contributed by atoms with Gasteiger partial charge in [0.05, 0.1) is 25.4 Å². The van der Waals surface area contributed by atoms with E-state index in [-0.39, 0.29) is 18.5 Å². The third-order valence-corrected chi connectivity index (χ3v) is 15.7. The predicted molar refractivity (Wildman–Crippen MR) is 310 cm³/mol. The Morgan fingerprint density at radius 1 is 0.338 bits per heavy atom. The molecule has 0 aliphatic carbocycles. The molecule has 71 heavy (non-hydrogen) atoms. The molecule has 0 saturated carbocycles. The molecule has 0 saturated heterocycles. The largest absolute Gasteiger partial charge is 0.466 e. The summed E-state index contributed by atoms with van der Waals surface area (Å²) in [5.41, 5.74) is 0. The second kappa shape index (κ2) is 61.4. The summed E-state index contributed by atoms with van der Waals surface area (Å²) in [6.45, 7) is 4.98. The van der Waals surface area contributed by atoms with E-state index in [1.807, 2.05) is 0 Å². The van der Waals surface area contributed by atoms with Crippen LogP contribution in [0, 0.1) is 0 Å². The molecular weight excluding hydrogens is 875 g/mol. The van der Waals surface area contributed by atoms with Gasteiger partial charge in [0.1, 0.15) is 0 Å². The smallest absolute Gasteiger partial charge is 0.305 e. The van der Waals surface area contributed by atoms with Gasteiger partial charge in [-0.1, -0.05) is 341 Å². The molecular formula is C65H129NO5. The normalized spacial score (nSPS) is 12.5. The molecule has 1 amide bonds. The van der Waals surface area contributed by atoms with Gasteiger partial charge in [-0.2, -0.15) is 0 Å². The zero-order valence-corrected chi connectivity index (χ0v) is 48.5. The van der Waals surface area contributed by atoms with Gasteiger partial charge in [-0.25, -0.2) is 0 Å². The van der Waals surface area contributed by atoms with Crippen LogP contribution in [0.1, 0.15) is 380 Å². The maximum absolute atomic E-state index is 12.5. The lowest BCUT2D eigenvalue weighted by molar-refractivity contribution is -0.143. The monoisotopic (exact) mass is 1000 g/mol. The Labute approximate surface area is 445 Å². The fraction of sp³-hybridized carbons (Fsp3) is 0.969. The van der Waals surface area contributed by atoms with Gasteiger partial charge in [0.15, 0.2) is 0 Å². The quantitative estimate of drug-likeness (QED) is 0.0417. The number of carbonyl (C=O) groups excluding carboxylic acids is 2. The second-order valence-electron chi connectivity index (χ2n) is 22.8. The Morgan fingerprint density at radius 2 is 0.577 bits per heavy atom. The van der Waals surface area contributed by atoms with Crippen molar-refractivity contribution in [2.75, 3.05) is 13.2 Å². The Bertz CT molecular complexity index is 1020. The zero-order chi connectivity index (χ0) is 51.4. The Balaban J connectivity index is 3.40. The van der Waals surface area contributed by atoms with Crippen LogP contribution in [0.4, 0.5) is 0 Å². The third kappa shape index (κ3) is 58.0. The summed E-state index contributed by atoms with van der Waals surface area (Å²) in [4.78, 5) is 24.6. The lowest BCUT2D eigenvalue weighted by Crippen LogP contribution is -2.45. The van der Waals surface area contributed by atoms with Crippen molar-refractivity contribution in [2.45, 2.75) is 392 Å². The van der Waals surface area contributed by atoms with Crippen LogP contribution in [-0.2, 0) is 14.3 Å². The van der Waals surface area contributed by atoms with Crippen molar-refractivity contribution in [3.63, 3.8) is 0 Å². The van der Waals surface area contributed by atoms with E-state index in [0.29, 0.717) is 25.9 Å². The van der Waals surface area contributed by atoms with Crippen molar-refractivity contribution in [3.8, 4) is 0 Å². The number of hydrogen-bond donors (Lipinski definition) is 3. The summed E-state index contributed by atoms with van der Waals surface area (Å²) in [5, 5.41) is 23.4. The van der Waals surface area contributed by atoms with Gasteiger partial charge < -0.3 is 20.3 Å². The van der Waals surface area contributed by atoms with E-state index >= 15 is 0 Å². The van der Waals surface area contributed by atoms with Crippen molar-refractivity contribution in [3.05, 3.63) is 0 Å². The molecule has 0 rings (SSSR count). The van der Waals surface area contributed by atoms with Crippen molar-refractivity contribution < 1.29 is 24.5 Å². The first-order valence-corrected chi connectivity index (χ1v) is 32.8. The van der Waals surface area contributed by atoms with Crippen LogP contribution in [-0.4, -0.2) is 47.4 Å². The minimum Gasteiger partial charge on any atom is -0.466 e. The Hall–Kier alpha value is -1.14. The van der Waals surface area contributed by atoms with Gasteiger partial charge in [0, 0.05) is 12.8 Å². The first kappa shape index (κ1) is 69.9. The van der Waals surface area contributed by atoms with E-state index in [2.05, 4.69) is 19.2 Å². The topological polar surface area (TPSA) is 95.9 Å². The number of unbranched alkanes of at least 4 members (excludes halogenated alkanes) is 51. The summed E-state index contributed by atoms with van der Waals surface area (Å²) in [7, 11) is 0. The molecule has 2 unspecified atom stereocenters. The van der Waals surface area contributed by atoms with Crippen LogP contribution >= 0.6 is 0 Å². The van der Waals surface area contributed by atoms with Crippen LogP contribution in [0.15, 0.2) is 0 Å². The van der Waals surface area contributed by atoms with Gasteiger partial charge in [-0.05, 0) is 25.7 Å². The maximum Gasteiger partial charge on any atom is 0.305 e. The summed E-state index contributed by atoms with van der Waals surface area (Å²) >= 11 is 0. The molecule has 424 valence electrons. The second-order valence-corrected chi connectivity index (χ2v) is 22.8. The highest BCUT2D eigenvalue weighted by molar-refractivity contribution is 5.76. The molecule has 0 spiro atoms. The van der Waals surface area contributed by atoms with Crippen molar-refractivity contribution in [1.82, 2.24) is 5.32 Å². The summed E-state index contributed by atoms with van der Waals surface area (Å²) < 4.78 is 5.50. The van der Waals surface area contributed by atoms with Crippen molar-refractivity contribution in [1.29, 1.82) is 0 Å². The highest BCUT2D eigenvalue weighted by Gasteiger charge is 2.20. The molecule has 6 heteroatoms. The highest BCUT2D eigenvalue weighted by Crippen LogP contribution is 2.19. The maximum atomic E-state index is 12.5. The number of amides is 1. The Kier molecular flexibility index (Phi) is 60.4. The summed E-state index contributed by atoms with van der Waals surface area (Å²) in [6.07, 6.45) is 72.6. The minimum absolute atomic E-state index is 0.00676. The van der Waals surface area contributed by atoms with Crippen molar-refractivity contribution >= 4 is 11.9 Å². The van der Waals surface area contributed by atoms with E-state index in [9.17, 15) is 19.8 Å². The molecule has 0 fully saturated rings. The van der Waals surface area contributed by atoms with Crippen LogP contribution in [0.2, 0.25) is 0 Å². The molecule has 0 aromatic heterocycles. The lowest BCUT2D eigenvalue weighted by atomic mass is 10.0. The fourth-order valence-electron chi connectivity index (χ4n) is 10.6. The number of aliphatic hydroxyl groups is 2. The van der Waals surface area contributed by atoms with Gasteiger partial charge >= 0.3 is 5.97 Å². The van der Waals surface area contributed by atoms with E-state index in [1.165, 1.54) is 302 Å². The van der Waals surface area contributed by atoms with E-state index in [0.717, 1.165) is 44.9 Å². The summed E-state index contributed by atoms with van der Waals surface area (Å²) in [6, 6.07) is -0.548. The molecule has 6 nitrogen and oxygen atoms in total. The molecule has 0 radical (unpaired) electrons. The minimum atomic E-state index is -0.670. The first-order valence-electron chi connectivity index (χ1n) is 32.8. The molecule has 0 bridgehead atoms. The molecule has 0 heterocycles. The highest BCUT2D eigenvalue weighted by atomic mass is 16.5. The number of carbonyl (C=O) groups is 2. The SMILES string of the molecule is CCCCCCCCCCCCCCCCCCCCCCCC(O)C(CO)NC(=O)CCCCCCCCCCCCCCCCCOC(=O)CCCCCCCCCCCCCCCCCCCC. The van der Waals surface area contributed by atoms with Gasteiger partial charge in [0.25, 0.3) is 0 Å². The van der Waals surface area contributed by atoms with Crippen molar-refractivity contribution in [2.24, 2.45) is 0 Å². The molecule has 0 aliphatic rings. The van der Waals surface area contributed by atoms with Gasteiger partial charge in [-0.15, -0.1) is 0 Å². The van der Waals surface area contributed by atoms with Gasteiger partial charge in [-0.3, -0.25) is 9.59 Å². The average Bonchev–Trinajstić information content (AvgIpc) is 3.37. The van der Waals surface area contributed by atoms with Crippen LogP contribution in [0.3, 0.4) is 0 Å². The molecule has 3 N–H and O–H groups in total. The molecule has 0 aromatic rings. The number of ether oxygens (including phenoxy) is 1. The number of rotatable bonds is 62. The lowest BCUT2D eigenvalue weighted by Gasteiger charge is -2.22. The van der Waals surface area contributed by atoms with E-state index < -0.39 is 12.1 Å². The zero-order valence-electron chi connectivity index (χ0n) is 48.5. The fourth-order valence-corrected chi connectivity index (χ4v) is 10.6. The first-order chi connectivity index (χ1) is 35.0. The number of esters is 1. The van der Waals surface area contributed by atoms with Gasteiger partial charge in [0.2, 0.25) is 5.91 Å². The van der Waals surface area contributed by atoms with Crippen LogP contribution < -0.4 is 5.32 Å². The standard InChI is InChI=1S/C65H129NO5/c1-3-5-7-9-11-13-15-17-19-21-23-24-25-26-29-33-37-41-45-49-53-57-63(68)62(61-67)66-64(69)58-54-50-46-42-38-34-30-28-32-36-40-44-48-52-56-60-71-65(70)59-55-51-47-43-39-35-31-27-22-20-18-16-14-12-10-8-6-4-2/h62-63,67-68H,3-61H2,1-2H3,(H,66,69). The number of aliphatic hydroxyl groups excluding tert-OH is 2. The van der Waals surface area contributed by atoms with Crippen LogP contribution in [0.5, 0.6) is 0 Å². The molecule has 0 aromatic carbocycles. The number of nitrogens with one attached hydrogen (secondary N) is 1. The molecule has 0 aliphatic heterocycles. The summed E-state index contributed by atoms with van der Waals surface area (Å²) in [5.74, 6) is -0.0315.